The summed E-state index contributed by atoms with van der Waals surface area (Å²) in [7, 11) is -9.38. The largest absolute Gasteiger partial charge is 0.756 e. The second-order valence-electron chi connectivity index (χ2n) is 8.37. The SMILES string of the molecule is C[n+]1cn([C@@H]2O[C@H](COP(=O)(O)OP(=O)([O-])O)[C@@H](CNC(=O)c3ccccc3)[C@H]2O)c2nc(N)[nH]c(=O)c21. The molecule has 2 aromatic heterocycles. The van der Waals surface area contributed by atoms with Crippen LogP contribution in [0.2, 0.25) is 0 Å². The number of aromatic nitrogens is 4. The van der Waals surface area contributed by atoms with Crippen molar-refractivity contribution in [3.05, 3.63) is 52.6 Å². The van der Waals surface area contributed by atoms with Gasteiger partial charge >= 0.3 is 13.4 Å². The molecule has 19 heteroatoms. The summed E-state index contributed by atoms with van der Waals surface area (Å²) in [5.41, 5.74) is 5.60. The molecular weight excluding hydrogens is 550 g/mol. The number of aryl methyl sites for hydroxylation is 1. The first-order valence-electron chi connectivity index (χ1n) is 10.9. The predicted molar refractivity (Wildman–Crippen MR) is 125 cm³/mol. The molecule has 1 fully saturated rings. The Morgan fingerprint density at radius 2 is 2.03 bits per heavy atom. The van der Waals surface area contributed by atoms with Crippen LogP contribution in [0, 0.1) is 5.92 Å². The number of phosphoric ester groups is 1. The van der Waals surface area contributed by atoms with E-state index in [-0.39, 0.29) is 23.7 Å². The highest BCUT2D eigenvalue weighted by Gasteiger charge is 2.49. The number of nitrogens with one attached hydrogen (secondary N) is 2. The lowest BCUT2D eigenvalue weighted by molar-refractivity contribution is -0.646. The molecule has 38 heavy (non-hydrogen) atoms. The number of anilines is 1. The van der Waals surface area contributed by atoms with Crippen molar-refractivity contribution in [2.45, 2.75) is 18.4 Å². The van der Waals surface area contributed by atoms with Crippen LogP contribution in [-0.2, 0) is 29.7 Å². The molecule has 7 N–H and O–H groups in total. The van der Waals surface area contributed by atoms with Gasteiger partial charge in [-0.05, 0) is 12.1 Å². The summed E-state index contributed by atoms with van der Waals surface area (Å²) < 4.78 is 39.8. The number of carbonyl (C=O) groups is 1. The van der Waals surface area contributed by atoms with E-state index in [9.17, 15) is 33.6 Å². The van der Waals surface area contributed by atoms with Gasteiger partial charge in [0.05, 0.1) is 19.8 Å². The Morgan fingerprint density at radius 3 is 2.68 bits per heavy atom. The van der Waals surface area contributed by atoms with Crippen molar-refractivity contribution in [3.8, 4) is 0 Å². The summed E-state index contributed by atoms with van der Waals surface area (Å²) in [5, 5.41) is 13.8. The van der Waals surface area contributed by atoms with E-state index in [2.05, 4.69) is 24.1 Å². The molecule has 1 amide bonds. The summed E-state index contributed by atoms with van der Waals surface area (Å²) in [6, 6.07) is 8.16. The maximum atomic E-state index is 12.6. The number of rotatable bonds is 9. The van der Waals surface area contributed by atoms with Gasteiger partial charge in [-0.2, -0.15) is 9.55 Å². The van der Waals surface area contributed by atoms with E-state index in [0.717, 1.165) is 0 Å². The first kappa shape index (κ1) is 28.0. The highest BCUT2D eigenvalue weighted by molar-refractivity contribution is 7.60. The molecule has 0 bridgehead atoms. The number of aliphatic hydroxyl groups is 1. The maximum absolute atomic E-state index is 12.6. The smallest absolute Gasteiger partial charge is 0.478 e. The standard InChI is InChI=1S/C19H24N6O11P2/c1-24-9-25(15-13(24)17(28)23-19(20)22-15)18-14(26)11(7-21-16(27)10-5-3-2-4-6-10)12(35-18)8-34-38(32,33)36-37(29,30)31/h2-6,9,11-12,14,18,26H,7-8H2,1H3,(H6-,20,21,22,23,27,28,29,30,31,32,33)/t11-,12-,14-,18-/m1/s1. The Bertz CT molecular complexity index is 1490. The quantitative estimate of drug-likeness (QED) is 0.120. The molecule has 1 aromatic carbocycles. The number of aliphatic hydroxyl groups excluding tert-OH is 1. The summed E-state index contributed by atoms with van der Waals surface area (Å²) in [4.78, 5) is 60.6. The van der Waals surface area contributed by atoms with Crippen LogP contribution >= 0.6 is 15.6 Å². The number of phosphoric acid groups is 2. The van der Waals surface area contributed by atoms with Crippen molar-refractivity contribution in [2.75, 3.05) is 18.9 Å². The van der Waals surface area contributed by atoms with Crippen molar-refractivity contribution in [3.63, 3.8) is 0 Å². The minimum atomic E-state index is -5.62. The molecular formula is C19H24N6O11P2. The Morgan fingerprint density at radius 1 is 1.34 bits per heavy atom. The van der Waals surface area contributed by atoms with Crippen LogP contribution in [0.3, 0.4) is 0 Å². The number of H-pyrrole nitrogens is 1. The molecule has 0 radical (unpaired) electrons. The molecule has 4 rings (SSSR count). The van der Waals surface area contributed by atoms with Crippen molar-refractivity contribution >= 4 is 38.7 Å². The third-order valence-electron chi connectivity index (χ3n) is 5.73. The number of ether oxygens (including phenoxy) is 1. The lowest BCUT2D eigenvalue weighted by Gasteiger charge is -2.23. The highest BCUT2D eigenvalue weighted by atomic mass is 31.3. The van der Waals surface area contributed by atoms with Gasteiger partial charge in [0.2, 0.25) is 18.5 Å². The number of nitrogens with zero attached hydrogens (tertiary/aromatic N) is 3. The molecule has 17 nitrogen and oxygen atoms in total. The third-order valence-corrected chi connectivity index (χ3v) is 7.86. The number of nitrogens with two attached hydrogens (primary N) is 1. The second-order valence-corrected chi connectivity index (χ2v) is 11.2. The molecule has 0 saturated carbocycles. The Hall–Kier alpha value is -2.98. The molecule has 0 aliphatic carbocycles. The molecule has 2 unspecified atom stereocenters. The van der Waals surface area contributed by atoms with Crippen LogP contribution in [0.5, 0.6) is 0 Å². The van der Waals surface area contributed by atoms with Crippen molar-refractivity contribution in [1.29, 1.82) is 0 Å². The summed E-state index contributed by atoms with van der Waals surface area (Å²) >= 11 is 0. The molecule has 3 heterocycles. The topological polar surface area (TPSA) is 255 Å². The molecule has 206 valence electrons. The lowest BCUT2D eigenvalue weighted by Crippen LogP contribution is -2.39. The molecule has 0 spiro atoms. The van der Waals surface area contributed by atoms with Crippen LogP contribution in [0.4, 0.5) is 5.95 Å². The summed E-state index contributed by atoms with van der Waals surface area (Å²) in [6.45, 7) is -1.01. The summed E-state index contributed by atoms with van der Waals surface area (Å²) in [5.74, 6) is -1.67. The van der Waals surface area contributed by atoms with Crippen LogP contribution in [-0.4, -0.2) is 60.7 Å². The predicted octanol–water partition coefficient (Wildman–Crippen LogP) is -1.97. The van der Waals surface area contributed by atoms with E-state index in [1.807, 2.05) is 0 Å². The molecule has 1 aliphatic heterocycles. The van der Waals surface area contributed by atoms with Gasteiger partial charge in [-0.25, -0.2) is 13.4 Å². The van der Waals surface area contributed by atoms with Gasteiger partial charge in [0, 0.05) is 18.0 Å². The number of nitrogen functional groups attached to an aromatic ring is 1. The van der Waals surface area contributed by atoms with Gasteiger partial charge in [0.25, 0.3) is 24.9 Å². The first-order chi connectivity index (χ1) is 17.8. The van der Waals surface area contributed by atoms with Crippen LogP contribution in [0.25, 0.3) is 11.2 Å². The fourth-order valence-electron chi connectivity index (χ4n) is 4.12. The average Bonchev–Trinajstić information content (AvgIpc) is 3.31. The maximum Gasteiger partial charge on any atom is 0.478 e. The minimum Gasteiger partial charge on any atom is -0.756 e. The van der Waals surface area contributed by atoms with Crippen molar-refractivity contribution in [1.82, 2.24) is 19.9 Å². The van der Waals surface area contributed by atoms with E-state index in [0.29, 0.717) is 5.56 Å². The van der Waals surface area contributed by atoms with Crippen LogP contribution in [0.15, 0.2) is 41.5 Å². The van der Waals surface area contributed by atoms with Gasteiger partial charge < -0.3 is 35.6 Å². The third kappa shape index (κ3) is 6.18. The number of amides is 1. The molecule has 1 saturated heterocycles. The fourth-order valence-corrected chi connectivity index (χ4v) is 5.68. The lowest BCUT2D eigenvalue weighted by atomic mass is 9.98. The zero-order chi connectivity index (χ0) is 27.8. The van der Waals surface area contributed by atoms with Crippen molar-refractivity contribution < 1.29 is 51.8 Å². The second kappa shape index (κ2) is 10.6. The first-order valence-corrected chi connectivity index (χ1v) is 13.9. The summed E-state index contributed by atoms with van der Waals surface area (Å²) in [6.07, 6.45) is -2.47. The zero-order valence-corrected chi connectivity index (χ0v) is 21.4. The number of imidazole rings is 1. The average molecular weight is 574 g/mol. The van der Waals surface area contributed by atoms with Gasteiger partial charge in [-0.1, -0.05) is 18.2 Å². The van der Waals surface area contributed by atoms with E-state index in [1.54, 1.807) is 37.4 Å². The number of fused-ring (bicyclic) bond motifs is 1. The van der Waals surface area contributed by atoms with Crippen LogP contribution in [0.1, 0.15) is 16.6 Å². The van der Waals surface area contributed by atoms with E-state index >= 15 is 0 Å². The van der Waals surface area contributed by atoms with E-state index in [4.69, 9.17) is 15.4 Å². The molecule has 1 aliphatic rings. The minimum absolute atomic E-state index is 0.0511. The van der Waals surface area contributed by atoms with Crippen molar-refractivity contribution in [2.24, 2.45) is 13.0 Å². The number of hydrogen-bond acceptors (Lipinski definition) is 11. The van der Waals surface area contributed by atoms with Gasteiger partial charge in [0.1, 0.15) is 6.10 Å². The van der Waals surface area contributed by atoms with Gasteiger partial charge in [0.15, 0.2) is 0 Å². The fraction of sp³-hybridized carbons (Fsp3) is 0.368. The molecule has 6 atom stereocenters. The van der Waals surface area contributed by atoms with Crippen LogP contribution < -0.4 is 26.1 Å². The Kier molecular flexibility index (Phi) is 7.86. The Labute approximate surface area is 213 Å². The molecule has 3 aromatic rings. The normalized spacial score (nSPS) is 24.7. The number of benzene rings is 1. The number of carbonyl (C=O) groups excluding carboxylic acids is 1. The number of hydrogen-bond donors (Lipinski definition) is 6. The van der Waals surface area contributed by atoms with Gasteiger partial charge in [-0.3, -0.25) is 23.7 Å². The van der Waals surface area contributed by atoms with E-state index < -0.39 is 58.1 Å². The Balaban J connectivity index is 1.62. The monoisotopic (exact) mass is 574 g/mol. The van der Waals surface area contributed by atoms with Gasteiger partial charge in [-0.15, -0.1) is 0 Å². The zero-order valence-electron chi connectivity index (χ0n) is 19.6. The highest BCUT2D eigenvalue weighted by Crippen LogP contribution is 2.56. The number of aromatic amines is 1. The van der Waals surface area contributed by atoms with E-state index in [1.165, 1.54) is 15.5 Å².